The molecule has 5 rings (SSSR count). The minimum Gasteiger partial charge on any atom is -0.394 e. The molecule has 0 aromatic rings. The van der Waals surface area contributed by atoms with Gasteiger partial charge in [0.2, 0.25) is 0 Å². The second kappa shape index (κ2) is 8.85. The normalized spacial score (nSPS) is 51.1. The minimum atomic E-state index is 0.118. The van der Waals surface area contributed by atoms with Gasteiger partial charge in [0.15, 0.2) is 0 Å². The Kier molecular flexibility index (Phi) is 6.54. The van der Waals surface area contributed by atoms with Crippen molar-refractivity contribution in [3.63, 3.8) is 0 Å². The van der Waals surface area contributed by atoms with E-state index in [0.717, 1.165) is 47.8 Å². The van der Waals surface area contributed by atoms with Gasteiger partial charge in [0.25, 0.3) is 0 Å². The van der Waals surface area contributed by atoms with E-state index in [1.807, 2.05) is 0 Å². The summed E-state index contributed by atoms with van der Waals surface area (Å²) >= 11 is 0. The first-order valence-electron chi connectivity index (χ1n) is 14.5. The summed E-state index contributed by atoms with van der Waals surface area (Å²) in [5, 5.41) is 9.68. The summed E-state index contributed by atoms with van der Waals surface area (Å²) in [5.74, 6) is 7.22. The van der Waals surface area contributed by atoms with Crippen LogP contribution < -0.4 is 0 Å². The number of rotatable bonds is 6. The fraction of sp³-hybridized carbons (Fsp3) is 1.00. The van der Waals surface area contributed by atoms with E-state index in [1.54, 1.807) is 0 Å². The quantitative estimate of drug-likeness (QED) is 0.460. The van der Waals surface area contributed by atoms with Gasteiger partial charge in [-0.15, -0.1) is 0 Å². The Bertz CT molecular complexity index is 659. The van der Waals surface area contributed by atoms with Gasteiger partial charge >= 0.3 is 0 Å². The van der Waals surface area contributed by atoms with Crippen molar-refractivity contribution in [3.05, 3.63) is 0 Å². The maximum absolute atomic E-state index is 9.68. The number of hydrogen-bond acceptors (Lipinski definition) is 2. The van der Waals surface area contributed by atoms with Gasteiger partial charge in [-0.3, -0.25) is 0 Å². The van der Waals surface area contributed by atoms with Crippen LogP contribution in [0.3, 0.4) is 0 Å². The lowest BCUT2D eigenvalue weighted by molar-refractivity contribution is -0.141. The summed E-state index contributed by atoms with van der Waals surface area (Å²) in [6.07, 6.45) is 17.5. The van der Waals surface area contributed by atoms with Crippen LogP contribution in [0.2, 0.25) is 0 Å². The maximum Gasteiger partial charge on any atom is 0.0813 e. The van der Waals surface area contributed by atoms with E-state index >= 15 is 0 Å². The molecule has 5 fully saturated rings. The molecule has 0 radical (unpaired) electrons. The molecule has 0 aromatic carbocycles. The second-order valence-electron chi connectivity index (χ2n) is 14.1. The molecule has 1 N–H and O–H groups in total. The molecule has 11 atom stereocenters. The van der Waals surface area contributed by atoms with Crippen LogP contribution in [0.15, 0.2) is 0 Å². The third-order valence-electron chi connectivity index (χ3n) is 12.1. The molecule has 4 saturated carbocycles. The van der Waals surface area contributed by atoms with Crippen LogP contribution in [-0.4, -0.2) is 23.9 Å². The number of aliphatic hydroxyl groups is 1. The summed E-state index contributed by atoms with van der Waals surface area (Å²) < 4.78 is 6.27. The monoisotopic (exact) mass is 444 g/mol. The van der Waals surface area contributed by atoms with Gasteiger partial charge in [0, 0.05) is 0 Å². The average Bonchev–Trinajstić information content (AvgIpc) is 3.30. The first-order chi connectivity index (χ1) is 15.3. The van der Waals surface area contributed by atoms with Gasteiger partial charge in [-0.05, 0) is 116 Å². The molecule has 32 heavy (non-hydrogen) atoms. The standard InChI is InChI=1S/C30H52O2/c1-19(2)7-6-8-20(3)25-11-12-26-24-10-9-22-16-28-21(15-23(18-31)32-28)17-30(22,5)27(24)13-14-29(25,26)4/h19-28,31H,6-18H2,1-5H3/t20-,21-,22+,23+,24+,25-,26+,27+,28-,29-,30+/m1/s1. The van der Waals surface area contributed by atoms with Crippen molar-refractivity contribution in [1.82, 2.24) is 0 Å². The molecular weight excluding hydrogens is 392 g/mol. The van der Waals surface area contributed by atoms with Crippen molar-refractivity contribution < 1.29 is 9.84 Å². The van der Waals surface area contributed by atoms with Crippen molar-refractivity contribution in [1.29, 1.82) is 0 Å². The molecule has 2 heteroatoms. The number of aliphatic hydroxyl groups excluding tert-OH is 1. The van der Waals surface area contributed by atoms with Gasteiger partial charge in [0.05, 0.1) is 18.8 Å². The number of ether oxygens (including phenoxy) is 1. The smallest absolute Gasteiger partial charge is 0.0813 e. The molecule has 2 nitrogen and oxygen atoms in total. The molecule has 0 spiro atoms. The fourth-order valence-corrected chi connectivity index (χ4v) is 10.6. The lowest BCUT2D eigenvalue weighted by Crippen LogP contribution is -2.55. The molecule has 5 aliphatic rings. The highest BCUT2D eigenvalue weighted by atomic mass is 16.5. The van der Waals surface area contributed by atoms with E-state index in [-0.39, 0.29) is 12.7 Å². The van der Waals surface area contributed by atoms with E-state index in [4.69, 9.17) is 4.74 Å². The molecule has 1 heterocycles. The Morgan fingerprint density at radius 3 is 2.44 bits per heavy atom. The predicted molar refractivity (Wildman–Crippen MR) is 132 cm³/mol. The molecule has 0 unspecified atom stereocenters. The van der Waals surface area contributed by atoms with Crippen molar-refractivity contribution in [3.8, 4) is 0 Å². The Hall–Kier alpha value is -0.0800. The fourth-order valence-electron chi connectivity index (χ4n) is 10.6. The summed E-state index contributed by atoms with van der Waals surface area (Å²) in [5.41, 5.74) is 1.14. The highest BCUT2D eigenvalue weighted by Gasteiger charge is 2.62. The molecule has 1 aliphatic heterocycles. The van der Waals surface area contributed by atoms with Gasteiger partial charge < -0.3 is 9.84 Å². The third-order valence-corrected chi connectivity index (χ3v) is 12.1. The van der Waals surface area contributed by atoms with Crippen molar-refractivity contribution in [2.24, 2.45) is 58.2 Å². The number of fused-ring (bicyclic) bond motifs is 6. The SMILES string of the molecule is CC(C)CCC[C@@H](C)[C@H]1CC[C@H]2[C@@H]3CC[C@H]4C[C@H]5O[C@H](CO)C[C@@H]5C[C@]4(C)[C@H]3CC[C@]12C. The zero-order valence-corrected chi connectivity index (χ0v) is 21.8. The zero-order chi connectivity index (χ0) is 22.7. The number of hydrogen-bond donors (Lipinski definition) is 1. The summed E-state index contributed by atoms with van der Waals surface area (Å²) in [6.45, 7) is 13.0. The van der Waals surface area contributed by atoms with Crippen LogP contribution in [0, 0.1) is 58.2 Å². The third kappa shape index (κ3) is 3.82. The van der Waals surface area contributed by atoms with Crippen molar-refractivity contribution >= 4 is 0 Å². The Labute approximate surface area is 198 Å². The molecule has 0 amide bonds. The van der Waals surface area contributed by atoms with Crippen molar-refractivity contribution in [2.75, 3.05) is 6.61 Å². The summed E-state index contributed by atoms with van der Waals surface area (Å²) in [4.78, 5) is 0. The van der Waals surface area contributed by atoms with Gasteiger partial charge in [-0.1, -0.05) is 53.9 Å². The van der Waals surface area contributed by atoms with E-state index < -0.39 is 0 Å². The molecule has 0 bridgehead atoms. The van der Waals surface area contributed by atoms with Crippen LogP contribution >= 0.6 is 0 Å². The highest BCUT2D eigenvalue weighted by Crippen LogP contribution is 2.69. The summed E-state index contributed by atoms with van der Waals surface area (Å²) in [6, 6.07) is 0. The van der Waals surface area contributed by atoms with Crippen LogP contribution in [0.4, 0.5) is 0 Å². The van der Waals surface area contributed by atoms with E-state index in [9.17, 15) is 5.11 Å². The maximum atomic E-state index is 9.68. The first-order valence-corrected chi connectivity index (χ1v) is 14.5. The molecular formula is C30H52O2. The Morgan fingerprint density at radius 2 is 1.69 bits per heavy atom. The predicted octanol–water partition coefficient (Wildman–Crippen LogP) is 7.48. The molecule has 184 valence electrons. The molecule has 1 saturated heterocycles. The molecule has 0 aromatic heterocycles. The van der Waals surface area contributed by atoms with Gasteiger partial charge in [0.1, 0.15) is 0 Å². The highest BCUT2D eigenvalue weighted by molar-refractivity contribution is 5.11. The van der Waals surface area contributed by atoms with E-state index in [2.05, 4.69) is 34.6 Å². The van der Waals surface area contributed by atoms with Gasteiger partial charge in [-0.2, -0.15) is 0 Å². The van der Waals surface area contributed by atoms with E-state index in [1.165, 1.54) is 70.6 Å². The van der Waals surface area contributed by atoms with E-state index in [0.29, 0.717) is 22.9 Å². The second-order valence-corrected chi connectivity index (χ2v) is 14.1. The van der Waals surface area contributed by atoms with Crippen LogP contribution in [0.5, 0.6) is 0 Å². The molecule has 4 aliphatic carbocycles. The van der Waals surface area contributed by atoms with Crippen LogP contribution in [0.1, 0.15) is 112 Å². The lowest BCUT2D eigenvalue weighted by atomic mass is 9.43. The largest absolute Gasteiger partial charge is 0.394 e. The van der Waals surface area contributed by atoms with Gasteiger partial charge in [-0.25, -0.2) is 0 Å². The Morgan fingerprint density at radius 1 is 0.906 bits per heavy atom. The topological polar surface area (TPSA) is 29.5 Å². The zero-order valence-electron chi connectivity index (χ0n) is 21.8. The van der Waals surface area contributed by atoms with Crippen LogP contribution in [0.25, 0.3) is 0 Å². The van der Waals surface area contributed by atoms with Crippen molar-refractivity contribution in [2.45, 2.75) is 124 Å². The lowest BCUT2D eigenvalue weighted by Gasteiger charge is -2.62. The minimum absolute atomic E-state index is 0.118. The first kappa shape index (κ1) is 23.7. The van der Waals surface area contributed by atoms with Crippen LogP contribution in [-0.2, 0) is 4.74 Å². The Balaban J connectivity index is 1.29. The average molecular weight is 445 g/mol. The summed E-state index contributed by atoms with van der Waals surface area (Å²) in [7, 11) is 0.